The van der Waals surface area contributed by atoms with E-state index in [2.05, 4.69) is 33.2 Å². The molecule has 0 spiro atoms. The van der Waals surface area contributed by atoms with Crippen LogP contribution in [-0.4, -0.2) is 55.5 Å². The Kier molecular flexibility index (Phi) is 4.82. The summed E-state index contributed by atoms with van der Waals surface area (Å²) < 4.78 is 0.990. The van der Waals surface area contributed by atoms with Crippen LogP contribution in [0.25, 0.3) is 0 Å². The summed E-state index contributed by atoms with van der Waals surface area (Å²) in [4.78, 5) is 16.3. The van der Waals surface area contributed by atoms with Crippen LogP contribution in [0.5, 0.6) is 0 Å². The fourth-order valence-corrected chi connectivity index (χ4v) is 2.50. The number of piperazine rings is 1. The molecule has 0 unspecified atom stereocenters. The lowest BCUT2D eigenvalue weighted by molar-refractivity contribution is -0.130. The number of amides is 1. The Labute approximate surface area is 122 Å². The summed E-state index contributed by atoms with van der Waals surface area (Å²) in [5, 5.41) is 3.21. The smallest absolute Gasteiger partial charge is 0.241 e. The molecule has 1 saturated heterocycles. The average molecular weight is 326 g/mol. The number of aryl methyl sites for hydroxylation is 1. The standard InChI is InChI=1S/C14H20BrN3O/c1-11-3-4-12(15)13(9-11)16-10-14(19)18-7-5-17(2)6-8-18/h3-4,9,16H,5-8,10H2,1-2H3. The lowest BCUT2D eigenvalue weighted by atomic mass is 10.2. The van der Waals surface area contributed by atoms with Crippen LogP contribution in [0.1, 0.15) is 5.56 Å². The van der Waals surface area contributed by atoms with Gasteiger partial charge in [-0.1, -0.05) is 6.07 Å². The molecule has 2 rings (SSSR count). The SMILES string of the molecule is Cc1ccc(Br)c(NCC(=O)N2CCN(C)CC2)c1. The van der Waals surface area contributed by atoms with E-state index in [4.69, 9.17) is 0 Å². The predicted molar refractivity (Wildman–Crippen MR) is 81.4 cm³/mol. The van der Waals surface area contributed by atoms with Crippen molar-refractivity contribution in [2.24, 2.45) is 0 Å². The van der Waals surface area contributed by atoms with E-state index in [0.717, 1.165) is 36.3 Å². The van der Waals surface area contributed by atoms with Gasteiger partial charge in [-0.05, 0) is 47.6 Å². The third-order valence-electron chi connectivity index (χ3n) is 3.41. The first-order valence-electron chi connectivity index (χ1n) is 6.52. The number of nitrogens with zero attached hydrogens (tertiary/aromatic N) is 2. The van der Waals surface area contributed by atoms with Crippen molar-refractivity contribution in [2.75, 3.05) is 45.1 Å². The second-order valence-corrected chi connectivity index (χ2v) is 5.88. The van der Waals surface area contributed by atoms with Gasteiger partial charge in [-0.15, -0.1) is 0 Å². The van der Waals surface area contributed by atoms with Gasteiger partial charge in [0.05, 0.1) is 6.54 Å². The van der Waals surface area contributed by atoms with E-state index in [9.17, 15) is 4.79 Å². The molecular weight excluding hydrogens is 306 g/mol. The summed E-state index contributed by atoms with van der Waals surface area (Å²) in [7, 11) is 2.09. The van der Waals surface area contributed by atoms with E-state index < -0.39 is 0 Å². The molecule has 1 aromatic carbocycles. The molecule has 1 aliphatic rings. The number of benzene rings is 1. The van der Waals surface area contributed by atoms with Gasteiger partial charge in [-0.3, -0.25) is 4.79 Å². The number of rotatable bonds is 3. The van der Waals surface area contributed by atoms with Crippen molar-refractivity contribution < 1.29 is 4.79 Å². The fourth-order valence-electron chi connectivity index (χ4n) is 2.11. The zero-order valence-electron chi connectivity index (χ0n) is 11.4. The lowest BCUT2D eigenvalue weighted by Gasteiger charge is -2.32. The Bertz CT molecular complexity index is 456. The third-order valence-corrected chi connectivity index (χ3v) is 4.10. The normalized spacial score (nSPS) is 16.5. The molecular formula is C14H20BrN3O. The Balaban J connectivity index is 1.88. The average Bonchev–Trinajstić information content (AvgIpc) is 2.40. The van der Waals surface area contributed by atoms with Crippen LogP contribution >= 0.6 is 15.9 Å². The van der Waals surface area contributed by atoms with Crippen LogP contribution in [0, 0.1) is 6.92 Å². The van der Waals surface area contributed by atoms with Crippen LogP contribution in [0.4, 0.5) is 5.69 Å². The lowest BCUT2D eigenvalue weighted by Crippen LogP contribution is -2.48. The molecule has 0 aliphatic carbocycles. The Morgan fingerprint density at radius 2 is 2.00 bits per heavy atom. The van der Waals surface area contributed by atoms with Crippen LogP contribution in [0.3, 0.4) is 0 Å². The van der Waals surface area contributed by atoms with Gasteiger partial charge in [0.25, 0.3) is 0 Å². The molecule has 1 fully saturated rings. The number of halogens is 1. The minimum absolute atomic E-state index is 0.168. The molecule has 19 heavy (non-hydrogen) atoms. The van der Waals surface area contributed by atoms with Crippen molar-refractivity contribution in [2.45, 2.75) is 6.92 Å². The maximum atomic E-state index is 12.1. The van der Waals surface area contributed by atoms with Gasteiger partial charge in [0.2, 0.25) is 5.91 Å². The summed E-state index contributed by atoms with van der Waals surface area (Å²) in [6.45, 7) is 5.96. The van der Waals surface area contributed by atoms with Crippen LogP contribution < -0.4 is 5.32 Å². The highest BCUT2D eigenvalue weighted by Crippen LogP contribution is 2.23. The van der Waals surface area contributed by atoms with E-state index in [1.165, 1.54) is 5.56 Å². The molecule has 5 heteroatoms. The molecule has 1 heterocycles. The van der Waals surface area contributed by atoms with Crippen molar-refractivity contribution in [3.05, 3.63) is 28.2 Å². The molecule has 4 nitrogen and oxygen atoms in total. The number of likely N-dealkylation sites (N-methyl/N-ethyl adjacent to an activating group) is 1. The summed E-state index contributed by atoms with van der Waals surface area (Å²) >= 11 is 3.49. The Morgan fingerprint density at radius 3 is 2.68 bits per heavy atom. The predicted octanol–water partition coefficient (Wildman–Crippen LogP) is 1.94. The quantitative estimate of drug-likeness (QED) is 0.922. The molecule has 1 aliphatic heterocycles. The number of anilines is 1. The molecule has 1 N–H and O–H groups in total. The summed E-state index contributed by atoms with van der Waals surface area (Å²) in [5.41, 5.74) is 2.15. The summed E-state index contributed by atoms with van der Waals surface area (Å²) in [6.07, 6.45) is 0. The fraction of sp³-hybridized carbons (Fsp3) is 0.500. The molecule has 0 atom stereocenters. The molecule has 1 aromatic rings. The largest absolute Gasteiger partial charge is 0.375 e. The Hall–Kier alpha value is -1.07. The van der Waals surface area contributed by atoms with Gasteiger partial charge in [0, 0.05) is 36.3 Å². The molecule has 1 amide bonds. The second-order valence-electron chi connectivity index (χ2n) is 5.02. The van der Waals surface area contributed by atoms with Gasteiger partial charge in [0.1, 0.15) is 0 Å². The summed E-state index contributed by atoms with van der Waals surface area (Å²) in [5.74, 6) is 0.168. The van der Waals surface area contributed by atoms with Crippen LogP contribution in [0.2, 0.25) is 0 Å². The van der Waals surface area contributed by atoms with Gasteiger partial charge in [0.15, 0.2) is 0 Å². The molecule has 0 bridgehead atoms. The second kappa shape index (κ2) is 6.39. The number of carbonyl (C=O) groups is 1. The van der Waals surface area contributed by atoms with Crippen molar-refractivity contribution in [3.8, 4) is 0 Å². The van der Waals surface area contributed by atoms with Gasteiger partial charge < -0.3 is 15.1 Å². The first-order chi connectivity index (χ1) is 9.06. The van der Waals surface area contributed by atoms with Gasteiger partial charge >= 0.3 is 0 Å². The van der Waals surface area contributed by atoms with Gasteiger partial charge in [-0.25, -0.2) is 0 Å². The Morgan fingerprint density at radius 1 is 1.32 bits per heavy atom. The van der Waals surface area contributed by atoms with Crippen LogP contribution in [-0.2, 0) is 4.79 Å². The minimum Gasteiger partial charge on any atom is -0.375 e. The highest BCUT2D eigenvalue weighted by Gasteiger charge is 2.18. The van der Waals surface area contributed by atoms with Gasteiger partial charge in [-0.2, -0.15) is 0 Å². The van der Waals surface area contributed by atoms with Crippen molar-refractivity contribution in [1.82, 2.24) is 9.80 Å². The van der Waals surface area contributed by atoms with E-state index >= 15 is 0 Å². The molecule has 0 saturated carbocycles. The van der Waals surface area contributed by atoms with Crippen molar-refractivity contribution in [3.63, 3.8) is 0 Å². The highest BCUT2D eigenvalue weighted by molar-refractivity contribution is 9.10. The highest BCUT2D eigenvalue weighted by atomic mass is 79.9. The minimum atomic E-state index is 0.168. The molecule has 104 valence electrons. The van der Waals surface area contributed by atoms with Crippen molar-refractivity contribution in [1.29, 1.82) is 0 Å². The third kappa shape index (κ3) is 3.94. The van der Waals surface area contributed by atoms with Crippen molar-refractivity contribution >= 4 is 27.5 Å². The van der Waals surface area contributed by atoms with E-state index in [1.807, 2.05) is 30.0 Å². The van der Waals surface area contributed by atoms with E-state index in [0.29, 0.717) is 6.54 Å². The number of hydrogen-bond donors (Lipinski definition) is 1. The van der Waals surface area contributed by atoms with E-state index in [1.54, 1.807) is 0 Å². The van der Waals surface area contributed by atoms with E-state index in [-0.39, 0.29) is 5.91 Å². The maximum Gasteiger partial charge on any atom is 0.241 e. The first kappa shape index (κ1) is 14.3. The number of carbonyl (C=O) groups excluding carboxylic acids is 1. The maximum absolute atomic E-state index is 12.1. The number of nitrogens with one attached hydrogen (secondary N) is 1. The topological polar surface area (TPSA) is 35.6 Å². The number of hydrogen-bond acceptors (Lipinski definition) is 3. The zero-order chi connectivity index (χ0) is 13.8. The monoisotopic (exact) mass is 325 g/mol. The van der Waals surface area contributed by atoms with Crippen LogP contribution in [0.15, 0.2) is 22.7 Å². The first-order valence-corrected chi connectivity index (χ1v) is 7.32. The molecule has 0 aromatic heterocycles. The zero-order valence-corrected chi connectivity index (χ0v) is 13.0. The molecule has 0 radical (unpaired) electrons. The summed E-state index contributed by atoms with van der Waals surface area (Å²) in [6, 6.07) is 6.08.